The first-order valence-electron chi connectivity index (χ1n) is 5.47. The van der Waals surface area contributed by atoms with Crippen LogP contribution in [0.15, 0.2) is 12.1 Å². The van der Waals surface area contributed by atoms with Crippen molar-refractivity contribution in [2.45, 2.75) is 31.4 Å². The van der Waals surface area contributed by atoms with Crippen LogP contribution in [-0.4, -0.2) is 5.91 Å². The number of hydrogen-bond acceptors (Lipinski definition) is 1. The van der Waals surface area contributed by atoms with E-state index in [4.69, 9.17) is 5.73 Å². The smallest absolute Gasteiger partial charge is 0.369 e. The van der Waals surface area contributed by atoms with Gasteiger partial charge >= 0.3 is 6.18 Å². The molecule has 2 rings (SSSR count). The van der Waals surface area contributed by atoms with Crippen molar-refractivity contribution in [2.75, 3.05) is 0 Å². The molecule has 1 aliphatic rings. The molecule has 0 unspecified atom stereocenters. The van der Waals surface area contributed by atoms with Crippen LogP contribution < -0.4 is 5.73 Å². The fourth-order valence-corrected chi connectivity index (χ4v) is 2.04. The summed E-state index contributed by atoms with van der Waals surface area (Å²) in [4.78, 5) is 10.9. The lowest BCUT2D eigenvalue weighted by Crippen LogP contribution is -2.19. The average Bonchev–Trinajstić information content (AvgIpc) is 3.01. The summed E-state index contributed by atoms with van der Waals surface area (Å²) in [7, 11) is 0. The van der Waals surface area contributed by atoms with Crippen LogP contribution in [0.2, 0.25) is 0 Å². The monoisotopic (exact) mass is 261 g/mol. The Labute approximate surface area is 101 Å². The zero-order chi connectivity index (χ0) is 13.5. The topological polar surface area (TPSA) is 43.1 Å². The molecule has 2 nitrogen and oxygen atoms in total. The number of carbonyl (C=O) groups excluding carboxylic acids is 1. The number of hydrogen-bond donors (Lipinski definition) is 1. The van der Waals surface area contributed by atoms with E-state index >= 15 is 0 Å². The molecule has 0 bridgehead atoms. The Bertz CT molecular complexity index is 492. The Kier molecular flexibility index (Phi) is 3.04. The summed E-state index contributed by atoms with van der Waals surface area (Å²) in [5.41, 5.74) is 3.95. The van der Waals surface area contributed by atoms with Gasteiger partial charge in [-0.05, 0) is 42.0 Å². The first-order chi connectivity index (χ1) is 8.29. The molecule has 1 aliphatic carbocycles. The summed E-state index contributed by atoms with van der Waals surface area (Å²) in [6.07, 6.45) is -3.77. The maximum absolute atomic E-state index is 13.2. The normalized spacial score (nSPS) is 15.8. The zero-order valence-electron chi connectivity index (χ0n) is 9.35. The predicted octanol–water partition coefficient (Wildman–Crippen LogP) is 2.75. The molecule has 0 atom stereocenters. The average molecular weight is 261 g/mol. The van der Waals surface area contributed by atoms with Gasteiger partial charge in [0.25, 0.3) is 0 Å². The minimum absolute atomic E-state index is 0.0869. The molecule has 0 aromatic heterocycles. The summed E-state index contributed by atoms with van der Waals surface area (Å²) in [5.74, 6) is -1.87. The van der Waals surface area contributed by atoms with Crippen molar-refractivity contribution in [3.05, 3.63) is 34.6 Å². The molecule has 0 saturated heterocycles. The van der Waals surface area contributed by atoms with E-state index < -0.39 is 29.9 Å². The number of halogens is 4. The summed E-state index contributed by atoms with van der Waals surface area (Å²) >= 11 is 0. The summed E-state index contributed by atoms with van der Waals surface area (Å²) in [6, 6.07) is 1.50. The van der Waals surface area contributed by atoms with E-state index in [1.54, 1.807) is 0 Å². The lowest BCUT2D eigenvalue weighted by Gasteiger charge is -2.16. The van der Waals surface area contributed by atoms with Gasteiger partial charge in [-0.15, -0.1) is 0 Å². The first-order valence-corrected chi connectivity index (χ1v) is 5.47. The van der Waals surface area contributed by atoms with Gasteiger partial charge in [-0.25, -0.2) is 4.39 Å². The number of alkyl halides is 3. The number of nitrogens with two attached hydrogens (primary N) is 1. The highest BCUT2D eigenvalue weighted by Gasteiger charge is 2.38. The van der Waals surface area contributed by atoms with Crippen molar-refractivity contribution in [1.29, 1.82) is 0 Å². The van der Waals surface area contributed by atoms with E-state index in [2.05, 4.69) is 0 Å². The highest BCUT2D eigenvalue weighted by molar-refractivity contribution is 5.77. The third kappa shape index (κ3) is 2.63. The van der Waals surface area contributed by atoms with E-state index in [1.807, 2.05) is 0 Å². The quantitative estimate of drug-likeness (QED) is 0.835. The summed E-state index contributed by atoms with van der Waals surface area (Å²) in [5, 5.41) is 0. The van der Waals surface area contributed by atoms with Crippen LogP contribution >= 0.6 is 0 Å². The Hall–Kier alpha value is -1.59. The maximum Gasteiger partial charge on any atom is 0.416 e. The van der Waals surface area contributed by atoms with Crippen LogP contribution in [0, 0.1) is 5.82 Å². The standard InChI is InChI=1S/C12H11F4NO/c13-7-3-8(6-1-2-6)9(5-11(17)18)10(4-7)12(14,15)16/h3-4,6H,1-2,5H2,(H2,17,18). The number of primary amides is 1. The van der Waals surface area contributed by atoms with E-state index in [0.29, 0.717) is 18.9 Å². The van der Waals surface area contributed by atoms with Gasteiger partial charge in [-0.2, -0.15) is 13.2 Å². The number of carbonyl (C=O) groups is 1. The van der Waals surface area contributed by atoms with Crippen molar-refractivity contribution < 1.29 is 22.4 Å². The minimum atomic E-state index is -4.68. The molecule has 18 heavy (non-hydrogen) atoms. The molecule has 1 saturated carbocycles. The fourth-order valence-electron chi connectivity index (χ4n) is 2.04. The summed E-state index contributed by atoms with van der Waals surface area (Å²) < 4.78 is 51.7. The van der Waals surface area contributed by atoms with Crippen molar-refractivity contribution in [2.24, 2.45) is 5.73 Å². The van der Waals surface area contributed by atoms with Crippen molar-refractivity contribution in [1.82, 2.24) is 0 Å². The molecule has 6 heteroatoms. The molecule has 1 aromatic rings. The highest BCUT2D eigenvalue weighted by Crippen LogP contribution is 2.45. The third-order valence-electron chi connectivity index (χ3n) is 2.92. The Morgan fingerprint density at radius 3 is 2.39 bits per heavy atom. The lowest BCUT2D eigenvalue weighted by atomic mass is 9.94. The third-order valence-corrected chi connectivity index (χ3v) is 2.92. The Balaban J connectivity index is 2.58. The second kappa shape index (κ2) is 4.26. The van der Waals surface area contributed by atoms with Gasteiger partial charge in [0.2, 0.25) is 5.91 Å². The van der Waals surface area contributed by atoms with Gasteiger partial charge in [0.1, 0.15) is 5.82 Å². The van der Waals surface area contributed by atoms with Gasteiger partial charge in [0, 0.05) is 0 Å². The van der Waals surface area contributed by atoms with E-state index in [1.165, 1.54) is 0 Å². The fraction of sp³-hybridized carbons (Fsp3) is 0.417. The molecule has 0 aliphatic heterocycles. The van der Waals surface area contributed by atoms with Crippen molar-refractivity contribution in [3.63, 3.8) is 0 Å². The zero-order valence-corrected chi connectivity index (χ0v) is 9.35. The Morgan fingerprint density at radius 2 is 1.94 bits per heavy atom. The van der Waals surface area contributed by atoms with Crippen molar-refractivity contribution >= 4 is 5.91 Å². The number of benzene rings is 1. The van der Waals surface area contributed by atoms with Crippen LogP contribution in [0.5, 0.6) is 0 Å². The molecule has 98 valence electrons. The first kappa shape index (κ1) is 12.9. The predicted molar refractivity (Wildman–Crippen MR) is 56.3 cm³/mol. The molecule has 0 heterocycles. The molecule has 1 aromatic carbocycles. The van der Waals surface area contributed by atoms with Crippen LogP contribution in [0.25, 0.3) is 0 Å². The maximum atomic E-state index is 13.2. The second-order valence-electron chi connectivity index (χ2n) is 4.44. The molecule has 1 fully saturated rings. The molecular formula is C12H11F4NO. The molecular weight excluding hydrogens is 250 g/mol. The second-order valence-corrected chi connectivity index (χ2v) is 4.44. The van der Waals surface area contributed by atoms with Gasteiger partial charge in [0.05, 0.1) is 12.0 Å². The molecule has 1 amide bonds. The van der Waals surface area contributed by atoms with E-state index in [0.717, 1.165) is 6.07 Å². The van der Waals surface area contributed by atoms with Gasteiger partial charge < -0.3 is 5.73 Å². The number of amides is 1. The number of rotatable bonds is 3. The van der Waals surface area contributed by atoms with Crippen LogP contribution in [-0.2, 0) is 17.4 Å². The van der Waals surface area contributed by atoms with Gasteiger partial charge in [0.15, 0.2) is 0 Å². The molecule has 2 N–H and O–H groups in total. The molecule has 0 radical (unpaired) electrons. The van der Waals surface area contributed by atoms with Crippen molar-refractivity contribution in [3.8, 4) is 0 Å². The van der Waals surface area contributed by atoms with Crippen LogP contribution in [0.1, 0.15) is 35.4 Å². The largest absolute Gasteiger partial charge is 0.416 e. The SMILES string of the molecule is NC(=O)Cc1c(C2CC2)cc(F)cc1C(F)(F)F. The summed E-state index contributed by atoms with van der Waals surface area (Å²) in [6.45, 7) is 0. The minimum Gasteiger partial charge on any atom is -0.369 e. The van der Waals surface area contributed by atoms with Gasteiger partial charge in [-0.1, -0.05) is 0 Å². The van der Waals surface area contributed by atoms with Crippen LogP contribution in [0.3, 0.4) is 0 Å². The molecule has 0 spiro atoms. The van der Waals surface area contributed by atoms with E-state index in [-0.39, 0.29) is 17.0 Å². The van der Waals surface area contributed by atoms with Gasteiger partial charge in [-0.3, -0.25) is 4.79 Å². The lowest BCUT2D eigenvalue weighted by molar-refractivity contribution is -0.138. The Morgan fingerprint density at radius 1 is 1.33 bits per heavy atom. The van der Waals surface area contributed by atoms with Crippen LogP contribution in [0.4, 0.5) is 17.6 Å². The highest BCUT2D eigenvalue weighted by atomic mass is 19.4. The van der Waals surface area contributed by atoms with E-state index in [9.17, 15) is 22.4 Å².